The zero-order valence-electron chi connectivity index (χ0n) is 7.09. The molecule has 1 fully saturated rings. The van der Waals surface area contributed by atoms with E-state index in [1.807, 2.05) is 12.3 Å². The second-order valence-corrected chi connectivity index (χ2v) is 3.07. The van der Waals surface area contributed by atoms with E-state index in [-0.39, 0.29) is 0 Å². The maximum atomic E-state index is 3.33. The normalized spacial score (nSPS) is 30.2. The van der Waals surface area contributed by atoms with E-state index in [1.54, 1.807) is 0 Å². The van der Waals surface area contributed by atoms with E-state index in [0.717, 1.165) is 26.2 Å². The van der Waals surface area contributed by atoms with Gasteiger partial charge in [-0.3, -0.25) is 4.90 Å². The van der Waals surface area contributed by atoms with Gasteiger partial charge in [-0.1, -0.05) is 6.08 Å². The first-order valence-corrected chi connectivity index (χ1v) is 4.42. The Hall–Kier alpha value is -0.800. The number of nitrogens with one attached hydrogen (secondary N) is 2. The van der Waals surface area contributed by atoms with E-state index in [2.05, 4.69) is 27.7 Å². The molecular weight excluding hydrogens is 150 g/mol. The van der Waals surface area contributed by atoms with Gasteiger partial charge >= 0.3 is 0 Å². The Kier molecular flexibility index (Phi) is 2.44. The van der Waals surface area contributed by atoms with Gasteiger partial charge in [0.15, 0.2) is 0 Å². The van der Waals surface area contributed by atoms with Gasteiger partial charge < -0.3 is 10.6 Å². The summed E-state index contributed by atoms with van der Waals surface area (Å²) in [4.78, 5) is 2.42. The smallest absolute Gasteiger partial charge is 0.0986 e. The Morgan fingerprint density at radius 1 is 1.33 bits per heavy atom. The van der Waals surface area contributed by atoms with Gasteiger partial charge in [0.25, 0.3) is 0 Å². The molecule has 0 amide bonds. The second-order valence-electron chi connectivity index (χ2n) is 3.07. The maximum Gasteiger partial charge on any atom is 0.0986 e. The number of nitrogens with zero attached hydrogens (tertiary/aromatic N) is 1. The number of rotatable bonds is 1. The van der Waals surface area contributed by atoms with Crippen LogP contribution < -0.4 is 10.6 Å². The highest BCUT2D eigenvalue weighted by molar-refractivity contribution is 5.07. The van der Waals surface area contributed by atoms with E-state index in [9.17, 15) is 0 Å². The largest absolute Gasteiger partial charge is 0.372 e. The average molecular weight is 164 g/mol. The van der Waals surface area contributed by atoms with E-state index in [0.29, 0.717) is 6.17 Å². The molecule has 2 N–H and O–H groups in total. The molecule has 0 aromatic carbocycles. The van der Waals surface area contributed by atoms with Crippen molar-refractivity contribution < 1.29 is 0 Å². The monoisotopic (exact) mass is 164 g/mol. The molecule has 0 spiro atoms. The van der Waals surface area contributed by atoms with Gasteiger partial charge in [-0.05, 0) is 12.2 Å². The van der Waals surface area contributed by atoms with Crippen LogP contribution in [0.3, 0.4) is 0 Å². The highest BCUT2D eigenvalue weighted by Gasteiger charge is 2.16. The van der Waals surface area contributed by atoms with Crippen molar-refractivity contribution in [3.8, 4) is 0 Å². The third-order valence-corrected chi connectivity index (χ3v) is 2.26. The van der Waals surface area contributed by atoms with Crippen LogP contribution in [-0.2, 0) is 0 Å². The summed E-state index contributed by atoms with van der Waals surface area (Å²) in [6, 6.07) is 0. The van der Waals surface area contributed by atoms with Gasteiger partial charge in [0.1, 0.15) is 0 Å². The number of allylic oxidation sites excluding steroid dienone is 2. The van der Waals surface area contributed by atoms with E-state index >= 15 is 0 Å². The molecule has 2 aliphatic rings. The van der Waals surface area contributed by atoms with Gasteiger partial charge in [0, 0.05) is 32.4 Å². The molecule has 1 unspecified atom stereocenters. The van der Waals surface area contributed by atoms with Crippen LogP contribution in [0.25, 0.3) is 0 Å². The highest BCUT2D eigenvalue weighted by atomic mass is 15.3. The van der Waals surface area contributed by atoms with Crippen molar-refractivity contribution in [1.29, 1.82) is 0 Å². The zero-order chi connectivity index (χ0) is 8.23. The number of hydrogen-bond donors (Lipinski definition) is 2. The average Bonchev–Trinajstić information content (AvgIpc) is 2.21. The third-order valence-electron chi connectivity index (χ3n) is 2.26. The lowest BCUT2D eigenvalue weighted by atomic mass is 10.2. The van der Waals surface area contributed by atoms with Crippen LogP contribution in [0.1, 0.15) is 0 Å². The summed E-state index contributed by atoms with van der Waals surface area (Å²) >= 11 is 0. The minimum Gasteiger partial charge on any atom is -0.372 e. The van der Waals surface area contributed by atoms with Gasteiger partial charge in [0.05, 0.1) is 6.17 Å². The molecule has 12 heavy (non-hydrogen) atoms. The van der Waals surface area contributed by atoms with Crippen molar-refractivity contribution in [3.05, 3.63) is 24.4 Å². The zero-order valence-corrected chi connectivity index (χ0v) is 7.09. The lowest BCUT2D eigenvalue weighted by molar-refractivity contribution is 0.187. The van der Waals surface area contributed by atoms with Crippen molar-refractivity contribution >= 4 is 0 Å². The molecular formula is C9H14N3. The molecule has 1 atom stereocenters. The molecule has 0 saturated carbocycles. The molecule has 0 aliphatic carbocycles. The first kappa shape index (κ1) is 7.83. The van der Waals surface area contributed by atoms with Crippen LogP contribution in [0.15, 0.2) is 18.4 Å². The van der Waals surface area contributed by atoms with Crippen LogP contribution in [0, 0.1) is 6.08 Å². The Morgan fingerprint density at radius 3 is 2.83 bits per heavy atom. The van der Waals surface area contributed by atoms with Crippen molar-refractivity contribution in [2.24, 2.45) is 0 Å². The van der Waals surface area contributed by atoms with Gasteiger partial charge in [-0.15, -0.1) is 0 Å². The molecule has 1 saturated heterocycles. The van der Waals surface area contributed by atoms with Crippen LogP contribution >= 0.6 is 0 Å². The minimum atomic E-state index is 0.383. The molecule has 3 heteroatoms. The van der Waals surface area contributed by atoms with Crippen LogP contribution in [0.4, 0.5) is 0 Å². The van der Waals surface area contributed by atoms with Crippen molar-refractivity contribution in [1.82, 2.24) is 15.5 Å². The summed E-state index contributed by atoms with van der Waals surface area (Å²) in [5.41, 5.74) is 0. The van der Waals surface area contributed by atoms with Crippen molar-refractivity contribution in [3.63, 3.8) is 0 Å². The molecule has 2 rings (SSSR count). The standard InChI is InChI=1S/C9H14N3/c1-2-4-11-9(3-1)12-7-5-10-6-8-12/h1,3-4,9-11H,5-8H2. The fourth-order valence-corrected chi connectivity index (χ4v) is 1.57. The Bertz CT molecular complexity index is 192. The first-order chi connectivity index (χ1) is 5.97. The van der Waals surface area contributed by atoms with Crippen molar-refractivity contribution in [2.45, 2.75) is 6.17 Å². The molecule has 0 aromatic heterocycles. The van der Waals surface area contributed by atoms with Crippen molar-refractivity contribution in [2.75, 3.05) is 26.2 Å². The summed E-state index contributed by atoms with van der Waals surface area (Å²) < 4.78 is 0. The minimum absolute atomic E-state index is 0.383. The fourth-order valence-electron chi connectivity index (χ4n) is 1.57. The maximum absolute atomic E-state index is 3.33. The second kappa shape index (κ2) is 3.74. The summed E-state index contributed by atoms with van der Waals surface area (Å²) in [5.74, 6) is 0. The quantitative estimate of drug-likeness (QED) is 0.557. The molecule has 2 heterocycles. The molecule has 65 valence electrons. The lowest BCUT2D eigenvalue weighted by Gasteiger charge is -2.33. The third kappa shape index (κ3) is 1.68. The summed E-state index contributed by atoms with van der Waals surface area (Å²) in [7, 11) is 0. The molecule has 0 aromatic rings. The summed E-state index contributed by atoms with van der Waals surface area (Å²) in [6.07, 6.45) is 9.38. The fraction of sp³-hybridized carbons (Fsp3) is 0.556. The molecule has 3 nitrogen and oxygen atoms in total. The van der Waals surface area contributed by atoms with Gasteiger partial charge in [0.2, 0.25) is 0 Å². The topological polar surface area (TPSA) is 27.3 Å². The number of piperazine rings is 1. The Balaban J connectivity index is 1.90. The Labute approximate surface area is 73.1 Å². The molecule has 2 aliphatic heterocycles. The highest BCUT2D eigenvalue weighted by Crippen LogP contribution is 2.02. The predicted molar refractivity (Wildman–Crippen MR) is 48.3 cm³/mol. The molecule has 0 bridgehead atoms. The SMILES string of the molecule is [C]1=CNC(N2CCNCC2)C=C1. The lowest BCUT2D eigenvalue weighted by Crippen LogP contribution is -2.52. The van der Waals surface area contributed by atoms with E-state index < -0.39 is 0 Å². The van der Waals surface area contributed by atoms with Gasteiger partial charge in [-0.25, -0.2) is 0 Å². The number of dihydropyridines is 1. The van der Waals surface area contributed by atoms with Crippen LogP contribution in [-0.4, -0.2) is 37.2 Å². The van der Waals surface area contributed by atoms with E-state index in [1.165, 1.54) is 0 Å². The summed E-state index contributed by atoms with van der Waals surface area (Å²) in [6.45, 7) is 4.44. The number of hydrogen-bond acceptors (Lipinski definition) is 3. The Morgan fingerprint density at radius 2 is 2.17 bits per heavy atom. The van der Waals surface area contributed by atoms with Gasteiger partial charge in [-0.2, -0.15) is 0 Å². The summed E-state index contributed by atoms with van der Waals surface area (Å²) in [5, 5.41) is 6.60. The predicted octanol–water partition coefficient (Wildman–Crippen LogP) is -0.306. The van der Waals surface area contributed by atoms with Crippen LogP contribution in [0.5, 0.6) is 0 Å². The molecule has 1 radical (unpaired) electrons. The first-order valence-electron chi connectivity index (χ1n) is 4.42. The van der Waals surface area contributed by atoms with Crippen LogP contribution in [0.2, 0.25) is 0 Å². The van der Waals surface area contributed by atoms with E-state index in [4.69, 9.17) is 0 Å².